The maximum absolute atomic E-state index is 14.1. The van der Waals surface area contributed by atoms with Gasteiger partial charge < -0.3 is 5.11 Å². The first kappa shape index (κ1) is 33.9. The Morgan fingerprint density at radius 3 is 1.13 bits per heavy atom. The minimum atomic E-state index is -2.74. The fourth-order valence-electron chi connectivity index (χ4n) is 8.57. The number of halogens is 4. The number of aliphatic hydroxyl groups excluding tert-OH is 1. The third-order valence-corrected chi connectivity index (χ3v) is 11.3. The molecular formula is C47H32F4O3. The number of rotatable bonds is 0. The van der Waals surface area contributed by atoms with E-state index in [1.165, 1.54) is 0 Å². The number of carbonyl (C=O) groups excluding carboxylic acids is 1. The third-order valence-electron chi connectivity index (χ3n) is 11.3. The number of hydrogen-bond acceptors (Lipinski definition) is 3. The molecule has 4 aliphatic carbocycles. The normalized spacial score (nSPS) is 22.8. The molecule has 0 heterocycles. The molecule has 5 atom stereocenters. The van der Waals surface area contributed by atoms with Crippen molar-refractivity contribution >= 4 is 27.3 Å². The van der Waals surface area contributed by atoms with E-state index < -0.39 is 41.6 Å². The number of ketones is 1. The molecule has 4 aliphatic rings. The van der Waals surface area contributed by atoms with Crippen LogP contribution in [0.5, 0.6) is 0 Å². The maximum Gasteiger partial charge on any atom is 0.263 e. The summed E-state index contributed by atoms with van der Waals surface area (Å²) in [5.41, 5.74) is 4.30. The van der Waals surface area contributed by atoms with E-state index in [0.29, 0.717) is 44.5 Å². The van der Waals surface area contributed by atoms with E-state index in [9.17, 15) is 32.3 Å². The highest BCUT2D eigenvalue weighted by Gasteiger charge is 2.72. The summed E-state index contributed by atoms with van der Waals surface area (Å²) in [4.78, 5) is 24.7. The molecular weight excluding hydrogens is 689 g/mol. The Hall–Kier alpha value is -5.92. The lowest BCUT2D eigenvalue weighted by molar-refractivity contribution is 0.0993. The molecule has 3 nitrogen and oxygen atoms in total. The summed E-state index contributed by atoms with van der Waals surface area (Å²) >= 11 is 0. The fraction of sp³-hybridized carbons (Fsp3) is 0.149. The largest absolute Gasteiger partial charge is 0.384 e. The van der Waals surface area contributed by atoms with Gasteiger partial charge in [0.2, 0.25) is 0 Å². The van der Waals surface area contributed by atoms with Crippen molar-refractivity contribution in [3.05, 3.63) is 212 Å². The van der Waals surface area contributed by atoms with Crippen molar-refractivity contribution in [2.75, 3.05) is 0 Å². The molecule has 0 spiro atoms. The second-order valence-corrected chi connectivity index (χ2v) is 14.3. The van der Waals surface area contributed by atoms with Gasteiger partial charge in [0, 0.05) is 21.9 Å². The van der Waals surface area contributed by atoms with Gasteiger partial charge in [-0.1, -0.05) is 158 Å². The molecule has 266 valence electrons. The van der Waals surface area contributed by atoms with E-state index in [1.807, 2.05) is 60.7 Å². The highest BCUT2D eigenvalue weighted by Crippen LogP contribution is 2.70. The van der Waals surface area contributed by atoms with Gasteiger partial charge in [0.05, 0.1) is 23.7 Å². The second kappa shape index (κ2) is 12.6. The molecule has 7 aromatic rings. The van der Waals surface area contributed by atoms with E-state index in [2.05, 4.69) is 0 Å². The summed E-state index contributed by atoms with van der Waals surface area (Å²) in [5, 5.41) is 14.0. The topological polar surface area (TPSA) is 54.4 Å². The Kier molecular flexibility index (Phi) is 7.91. The van der Waals surface area contributed by atoms with Gasteiger partial charge in [0.1, 0.15) is 6.10 Å². The first-order chi connectivity index (χ1) is 26.1. The number of hydrogen-bond donors (Lipinski definition) is 1. The number of aliphatic hydroxyl groups is 1. The summed E-state index contributed by atoms with van der Waals surface area (Å²) in [6.07, 6.45) is -0.809. The van der Waals surface area contributed by atoms with Crippen LogP contribution in [0.1, 0.15) is 79.1 Å². The van der Waals surface area contributed by atoms with Crippen molar-refractivity contribution in [1.82, 2.24) is 0 Å². The number of carbonyl (C=O) groups is 1. The average Bonchev–Trinajstić information content (AvgIpc) is 4.05. The van der Waals surface area contributed by atoms with E-state index in [0.717, 1.165) is 21.5 Å². The van der Waals surface area contributed by atoms with Gasteiger partial charge in [0.15, 0.2) is 11.2 Å². The summed E-state index contributed by atoms with van der Waals surface area (Å²) in [5.74, 6) is -8.87. The average molecular weight is 721 g/mol. The lowest BCUT2D eigenvalue weighted by atomic mass is 9.94. The molecule has 7 heteroatoms. The maximum atomic E-state index is 14.1. The first-order valence-corrected chi connectivity index (χ1v) is 17.9. The fourth-order valence-corrected chi connectivity index (χ4v) is 8.57. The Morgan fingerprint density at radius 1 is 0.389 bits per heavy atom. The molecule has 1 N–H and O–H groups in total. The minimum Gasteiger partial charge on any atom is -0.384 e. The van der Waals surface area contributed by atoms with Crippen LogP contribution in [0.4, 0.5) is 17.6 Å². The van der Waals surface area contributed by atoms with Gasteiger partial charge in [-0.05, 0) is 44.2 Å². The number of alkyl halides is 4. The minimum absolute atomic E-state index is 0.108. The molecule has 0 saturated heterocycles. The standard InChI is InChI=1S/C16H12F2O.C16H10F2O.C15H10O/c2*17-16(18)13-9-5-1-3-7-11(9)15(19)12-8-4-2-6-10(12)14(13)16;16-15-13-7-3-1-5-11(13)9-10-12-6-2-4-8-14(12)15/h1-8,13-15,19H;1-8,13-14H;1-10H/t13-,14+,15?;;. The van der Waals surface area contributed by atoms with Crippen LogP contribution < -0.4 is 5.43 Å². The predicted octanol–water partition coefficient (Wildman–Crippen LogP) is 10.7. The van der Waals surface area contributed by atoms with Crippen LogP contribution in [0.25, 0.3) is 21.5 Å². The number of fused-ring (bicyclic) bond motifs is 12. The summed E-state index contributed by atoms with van der Waals surface area (Å²) in [7, 11) is 0. The molecule has 0 radical (unpaired) electrons. The van der Waals surface area contributed by atoms with Gasteiger partial charge in [-0.2, -0.15) is 0 Å². The summed E-state index contributed by atoms with van der Waals surface area (Å²) in [6.45, 7) is 0. The van der Waals surface area contributed by atoms with Crippen molar-refractivity contribution < 1.29 is 27.5 Å². The Bertz CT molecular complexity index is 2510. The molecule has 0 aromatic heterocycles. The Morgan fingerprint density at radius 2 is 0.704 bits per heavy atom. The first-order valence-electron chi connectivity index (χ1n) is 17.9. The lowest BCUT2D eigenvalue weighted by Crippen LogP contribution is -2.09. The highest BCUT2D eigenvalue weighted by atomic mass is 19.3. The molecule has 11 rings (SSSR count). The van der Waals surface area contributed by atoms with Crippen molar-refractivity contribution in [3.63, 3.8) is 0 Å². The van der Waals surface area contributed by atoms with E-state index >= 15 is 0 Å². The molecule has 0 amide bonds. The molecule has 7 aromatic carbocycles. The Balaban J connectivity index is 0.000000107. The SMILES string of the molecule is O=C1c2ccccc2C2C(c3ccccc31)C2(F)F.O=c1c2ccccc2ccc2ccccc12.OC1c2ccccc2[C@@H]2[C@H](c3ccccc31)C2(F)F. The van der Waals surface area contributed by atoms with Crippen LogP contribution in [0.15, 0.2) is 163 Å². The quantitative estimate of drug-likeness (QED) is 0.159. The van der Waals surface area contributed by atoms with E-state index in [1.54, 1.807) is 97.1 Å². The van der Waals surface area contributed by atoms with Gasteiger partial charge in [0.25, 0.3) is 11.8 Å². The monoisotopic (exact) mass is 720 g/mol. The summed E-state index contributed by atoms with van der Waals surface area (Å²) < 4.78 is 56.3. The number of benzene rings is 6. The second-order valence-electron chi connectivity index (χ2n) is 14.3. The van der Waals surface area contributed by atoms with Crippen LogP contribution in [0, 0.1) is 0 Å². The van der Waals surface area contributed by atoms with Crippen LogP contribution >= 0.6 is 0 Å². The molecule has 0 aliphatic heterocycles. The molecule has 3 unspecified atom stereocenters. The lowest BCUT2D eigenvalue weighted by Gasteiger charge is -2.17. The highest BCUT2D eigenvalue weighted by molar-refractivity contribution is 6.12. The van der Waals surface area contributed by atoms with Crippen molar-refractivity contribution in [1.29, 1.82) is 0 Å². The van der Waals surface area contributed by atoms with Crippen molar-refractivity contribution in [2.45, 2.75) is 41.6 Å². The zero-order valence-electron chi connectivity index (χ0n) is 28.7. The van der Waals surface area contributed by atoms with Crippen molar-refractivity contribution in [3.8, 4) is 0 Å². The van der Waals surface area contributed by atoms with E-state index in [-0.39, 0.29) is 11.2 Å². The van der Waals surface area contributed by atoms with E-state index in [4.69, 9.17) is 0 Å². The van der Waals surface area contributed by atoms with Gasteiger partial charge >= 0.3 is 0 Å². The zero-order chi connectivity index (χ0) is 37.4. The molecule has 2 saturated carbocycles. The van der Waals surface area contributed by atoms with Crippen LogP contribution in [0.2, 0.25) is 0 Å². The molecule has 2 fully saturated rings. The van der Waals surface area contributed by atoms with Gasteiger partial charge in [-0.3, -0.25) is 9.59 Å². The van der Waals surface area contributed by atoms with Gasteiger partial charge in [-0.15, -0.1) is 0 Å². The Labute approximate surface area is 308 Å². The smallest absolute Gasteiger partial charge is 0.263 e. The van der Waals surface area contributed by atoms with Gasteiger partial charge in [-0.25, -0.2) is 17.6 Å². The molecule has 0 bridgehead atoms. The van der Waals surface area contributed by atoms with Crippen LogP contribution in [0.3, 0.4) is 0 Å². The van der Waals surface area contributed by atoms with Crippen molar-refractivity contribution in [2.24, 2.45) is 0 Å². The van der Waals surface area contributed by atoms with Crippen LogP contribution in [-0.4, -0.2) is 22.7 Å². The summed E-state index contributed by atoms with van der Waals surface area (Å²) in [6, 6.07) is 46.9. The van der Waals surface area contributed by atoms with Crippen LogP contribution in [-0.2, 0) is 0 Å². The zero-order valence-corrected chi connectivity index (χ0v) is 28.7. The predicted molar refractivity (Wildman–Crippen MR) is 202 cm³/mol. The molecule has 54 heavy (non-hydrogen) atoms. The third kappa shape index (κ3) is 5.29.